The van der Waals surface area contributed by atoms with Crippen molar-refractivity contribution in [2.75, 3.05) is 54.4 Å². The standard InChI is InChI=1S/C43H54F4N10O6S/c1-25-20-29(10-11-31(25)49-40-48-21-30(43(45,46)47)38(51-40)56-17-5-16-42(3,61)24-56)64(62,63)52-28-8-6-27(7-9-28)23-54-18-19-55(22-26(54)2)32-12-13-33-37(36(32)44)53(4)41(60)57(33)34-14-15-35(58)50-39(34)59/h10-13,20-21,26-28,34,52,61H,5-9,14-19,22-24H2,1-4H3,(H,48,49,51)(H,50,58,59)/t26-,27?,28?,34?,42-/m0/s1. The lowest BCUT2D eigenvalue weighted by Gasteiger charge is -2.43. The number of nitrogens with one attached hydrogen (secondary N) is 3. The SMILES string of the molecule is Cc1cc(S(=O)(=O)NC2CCC(CN3CCN(c4ccc5c(c4F)n(C)c(=O)n5C4CCC(=O)NC4=O)C[C@@H]3C)CC2)ccc1Nc1ncc(C(F)(F)F)c(N2CCC[C@](C)(O)C2)n1. The van der Waals surface area contributed by atoms with Crippen molar-refractivity contribution in [1.82, 2.24) is 34.0 Å². The number of carbonyl (C=O) groups excluding carboxylic acids is 2. The maximum absolute atomic E-state index is 16.3. The van der Waals surface area contributed by atoms with Crippen molar-refractivity contribution in [3.05, 3.63) is 64.0 Å². The molecular weight excluding hydrogens is 861 g/mol. The molecule has 64 heavy (non-hydrogen) atoms. The lowest BCUT2D eigenvalue weighted by atomic mass is 9.86. The molecule has 5 heterocycles. The van der Waals surface area contributed by atoms with Gasteiger partial charge in [-0.15, -0.1) is 0 Å². The van der Waals surface area contributed by atoms with Crippen molar-refractivity contribution >= 4 is 56.0 Å². The maximum Gasteiger partial charge on any atom is 0.421 e. The third kappa shape index (κ3) is 9.21. The number of fused-ring (bicyclic) bond motifs is 1. The number of amides is 2. The summed E-state index contributed by atoms with van der Waals surface area (Å²) in [5.41, 5.74) is -1.00. The van der Waals surface area contributed by atoms with Crippen LogP contribution in [0.5, 0.6) is 0 Å². The van der Waals surface area contributed by atoms with Crippen molar-refractivity contribution in [2.24, 2.45) is 13.0 Å². The van der Waals surface area contributed by atoms with Crippen LogP contribution < -0.4 is 30.8 Å². The third-order valence-corrected chi connectivity index (χ3v) is 14.8. The number of carbonyl (C=O) groups is 2. The summed E-state index contributed by atoms with van der Waals surface area (Å²) < 4.78 is 90.6. The molecule has 2 aromatic heterocycles. The van der Waals surface area contributed by atoms with Crippen LogP contribution in [0.3, 0.4) is 0 Å². The summed E-state index contributed by atoms with van der Waals surface area (Å²) in [6.45, 7) is 8.22. The fourth-order valence-corrected chi connectivity index (χ4v) is 11.2. The Morgan fingerprint density at radius 3 is 2.44 bits per heavy atom. The summed E-state index contributed by atoms with van der Waals surface area (Å²) >= 11 is 0. The van der Waals surface area contributed by atoms with Crippen molar-refractivity contribution in [2.45, 2.75) is 107 Å². The number of rotatable bonds is 10. The monoisotopic (exact) mass is 914 g/mol. The zero-order valence-electron chi connectivity index (χ0n) is 36.2. The number of sulfonamides is 1. The second kappa shape index (κ2) is 17.4. The number of hydrogen-bond donors (Lipinski definition) is 4. The number of aryl methyl sites for hydroxylation is 2. The molecule has 1 unspecified atom stereocenters. The summed E-state index contributed by atoms with van der Waals surface area (Å²) in [5, 5.41) is 15.8. The van der Waals surface area contributed by atoms with Gasteiger partial charge >= 0.3 is 11.9 Å². The van der Waals surface area contributed by atoms with Crippen LogP contribution in [0.4, 0.5) is 40.7 Å². The average molecular weight is 915 g/mol. The van der Waals surface area contributed by atoms with Crippen LogP contribution in [0, 0.1) is 18.7 Å². The molecule has 4 aromatic rings. The summed E-state index contributed by atoms with van der Waals surface area (Å²) in [6.07, 6.45) is 0.128. The van der Waals surface area contributed by atoms with Gasteiger partial charge in [0.1, 0.15) is 22.9 Å². The highest BCUT2D eigenvalue weighted by atomic mass is 32.2. The van der Waals surface area contributed by atoms with Gasteiger partial charge in [0.15, 0.2) is 5.82 Å². The zero-order valence-corrected chi connectivity index (χ0v) is 37.0. The first kappa shape index (κ1) is 45.4. The average Bonchev–Trinajstić information content (AvgIpc) is 3.48. The molecule has 3 aliphatic heterocycles. The molecule has 0 spiro atoms. The minimum atomic E-state index is -4.71. The minimum absolute atomic E-state index is 0.0209. The Labute approximate surface area is 368 Å². The Morgan fingerprint density at radius 1 is 1.02 bits per heavy atom. The number of halogens is 4. The van der Waals surface area contributed by atoms with E-state index in [0.717, 1.165) is 19.4 Å². The van der Waals surface area contributed by atoms with E-state index in [9.17, 15) is 41.1 Å². The minimum Gasteiger partial charge on any atom is -0.388 e. The predicted molar refractivity (Wildman–Crippen MR) is 231 cm³/mol. The van der Waals surface area contributed by atoms with Crippen LogP contribution in [-0.2, 0) is 32.8 Å². The summed E-state index contributed by atoms with van der Waals surface area (Å²) in [4.78, 5) is 51.5. The van der Waals surface area contributed by atoms with Gasteiger partial charge < -0.3 is 20.2 Å². The molecule has 0 radical (unpaired) electrons. The van der Waals surface area contributed by atoms with Gasteiger partial charge in [0.25, 0.3) is 0 Å². The van der Waals surface area contributed by atoms with Crippen LogP contribution >= 0.6 is 0 Å². The molecule has 8 rings (SSSR count). The van der Waals surface area contributed by atoms with Crippen LogP contribution in [0.25, 0.3) is 11.0 Å². The Morgan fingerprint density at radius 2 is 1.77 bits per heavy atom. The molecule has 16 nitrogen and oxygen atoms in total. The second-order valence-electron chi connectivity index (χ2n) is 18.1. The van der Waals surface area contributed by atoms with Gasteiger partial charge in [0, 0.05) is 76.7 Å². The van der Waals surface area contributed by atoms with E-state index in [2.05, 4.69) is 37.1 Å². The Balaban J connectivity index is 0.852. The molecular formula is C43H54F4N10O6S. The summed E-state index contributed by atoms with van der Waals surface area (Å²) in [7, 11) is -2.43. The fraction of sp³-hybridized carbons (Fsp3) is 0.558. The normalized spacial score (nSPS) is 25.2. The largest absolute Gasteiger partial charge is 0.421 e. The molecule has 4 fully saturated rings. The molecule has 1 saturated carbocycles. The number of hydrogen-bond acceptors (Lipinski definition) is 12. The second-order valence-corrected chi connectivity index (χ2v) is 19.8. The van der Waals surface area contributed by atoms with Crippen LogP contribution in [0.15, 0.2) is 46.2 Å². The molecule has 0 bridgehead atoms. The van der Waals surface area contributed by atoms with E-state index < -0.39 is 56.7 Å². The van der Waals surface area contributed by atoms with E-state index in [-0.39, 0.29) is 60.2 Å². The number of anilines is 4. The van der Waals surface area contributed by atoms with Crippen molar-refractivity contribution in [3.8, 4) is 0 Å². The van der Waals surface area contributed by atoms with Crippen molar-refractivity contribution < 1.29 is 40.7 Å². The molecule has 346 valence electrons. The lowest BCUT2D eigenvalue weighted by molar-refractivity contribution is -0.138. The third-order valence-electron chi connectivity index (χ3n) is 13.3. The van der Waals surface area contributed by atoms with E-state index in [1.165, 1.54) is 39.3 Å². The highest BCUT2D eigenvalue weighted by molar-refractivity contribution is 7.89. The zero-order chi connectivity index (χ0) is 45.9. The number of piperazine rings is 1. The number of aromatic nitrogens is 4. The number of alkyl halides is 3. The highest BCUT2D eigenvalue weighted by Gasteiger charge is 2.40. The highest BCUT2D eigenvalue weighted by Crippen LogP contribution is 2.38. The van der Waals surface area contributed by atoms with Gasteiger partial charge in [0.05, 0.1) is 21.7 Å². The fourth-order valence-electron chi connectivity index (χ4n) is 9.80. The molecule has 3 saturated heterocycles. The van der Waals surface area contributed by atoms with E-state index in [0.29, 0.717) is 79.9 Å². The smallest absolute Gasteiger partial charge is 0.388 e. The van der Waals surface area contributed by atoms with E-state index in [4.69, 9.17) is 0 Å². The van der Waals surface area contributed by atoms with E-state index in [1.54, 1.807) is 26.0 Å². The first-order valence-electron chi connectivity index (χ1n) is 21.7. The lowest BCUT2D eigenvalue weighted by Crippen LogP contribution is -2.53. The summed E-state index contributed by atoms with van der Waals surface area (Å²) in [6, 6.07) is 6.68. The van der Waals surface area contributed by atoms with E-state index >= 15 is 4.39 Å². The van der Waals surface area contributed by atoms with Gasteiger partial charge in [-0.25, -0.2) is 27.3 Å². The van der Waals surface area contributed by atoms with Crippen molar-refractivity contribution in [1.29, 1.82) is 0 Å². The first-order valence-corrected chi connectivity index (χ1v) is 23.2. The molecule has 2 amide bonds. The van der Waals surface area contributed by atoms with Gasteiger partial charge in [-0.3, -0.25) is 28.9 Å². The summed E-state index contributed by atoms with van der Waals surface area (Å²) in [5.74, 6) is -1.62. The molecule has 21 heteroatoms. The van der Waals surface area contributed by atoms with Gasteiger partial charge in [0.2, 0.25) is 27.8 Å². The van der Waals surface area contributed by atoms with Crippen molar-refractivity contribution in [3.63, 3.8) is 0 Å². The van der Waals surface area contributed by atoms with E-state index in [1.807, 2.05) is 4.90 Å². The molecule has 2 aromatic carbocycles. The maximum atomic E-state index is 16.3. The predicted octanol–water partition coefficient (Wildman–Crippen LogP) is 4.72. The number of imide groups is 1. The number of nitrogens with zero attached hydrogens (tertiary/aromatic N) is 7. The van der Waals surface area contributed by atoms with Gasteiger partial charge in [-0.05, 0) is 108 Å². The molecule has 1 aliphatic carbocycles. The Kier molecular flexibility index (Phi) is 12.3. The molecule has 4 N–H and O–H groups in total. The van der Waals surface area contributed by atoms with Crippen LogP contribution in [0.2, 0.25) is 0 Å². The van der Waals surface area contributed by atoms with Gasteiger partial charge in [-0.2, -0.15) is 18.2 Å². The number of piperidine rings is 2. The first-order chi connectivity index (χ1) is 30.2. The Bertz CT molecular complexity index is 2630. The quantitative estimate of drug-likeness (QED) is 0.127. The van der Waals surface area contributed by atoms with Crippen LogP contribution in [0.1, 0.15) is 82.4 Å². The Hall–Kier alpha value is -5.12. The molecule has 4 aliphatic rings. The number of aliphatic hydroxyl groups is 1. The number of imidazole rings is 1. The van der Waals surface area contributed by atoms with Crippen LogP contribution in [-0.4, -0.2) is 106 Å². The number of benzene rings is 2. The topological polar surface area (TPSA) is 187 Å². The molecule has 3 atom stereocenters. The number of β-amino-alcohol motifs (C(OH)–C–C–N with tert-alkyl or cyclic N) is 1. The van der Waals surface area contributed by atoms with Gasteiger partial charge in [-0.1, -0.05) is 0 Å².